The Morgan fingerprint density at radius 2 is 2.00 bits per heavy atom. The molecule has 3 rings (SSSR count). The second kappa shape index (κ2) is 1.91. The number of hydrogen-bond acceptors (Lipinski definition) is 1. The number of furan rings is 1. The van der Waals surface area contributed by atoms with Gasteiger partial charge in [0.25, 0.3) is 0 Å². The molecule has 58 valence electrons. The lowest BCUT2D eigenvalue weighted by molar-refractivity contribution is 0.616. The molecule has 12 heavy (non-hydrogen) atoms. The second-order valence-electron chi connectivity index (χ2n) is 2.86. The van der Waals surface area contributed by atoms with Crippen molar-refractivity contribution in [1.82, 2.24) is 4.98 Å². The molecule has 2 nitrogen and oxygen atoms in total. The smallest absolute Gasteiger partial charge is 0.134 e. The molecular weight excluding hydrogens is 150 g/mol. The minimum absolute atomic E-state index is 0.946. The van der Waals surface area contributed by atoms with Crippen LogP contribution in [0.1, 0.15) is 0 Å². The topological polar surface area (TPSA) is 28.9 Å². The summed E-state index contributed by atoms with van der Waals surface area (Å²) in [7, 11) is 0. The van der Waals surface area contributed by atoms with Crippen LogP contribution in [0.25, 0.3) is 21.7 Å². The minimum atomic E-state index is 0.946. The highest BCUT2D eigenvalue weighted by molar-refractivity contribution is 6.05. The molecule has 2 heteroatoms. The fraction of sp³-hybridized carbons (Fsp3) is 0. The van der Waals surface area contributed by atoms with Crippen molar-refractivity contribution < 1.29 is 4.42 Å². The van der Waals surface area contributed by atoms with E-state index in [1.54, 1.807) is 6.26 Å². The number of rotatable bonds is 0. The van der Waals surface area contributed by atoms with Crippen molar-refractivity contribution in [2.45, 2.75) is 0 Å². The maximum absolute atomic E-state index is 5.28. The van der Waals surface area contributed by atoms with Gasteiger partial charge in [0.05, 0.1) is 6.26 Å². The van der Waals surface area contributed by atoms with Gasteiger partial charge in [-0.25, -0.2) is 0 Å². The second-order valence-corrected chi connectivity index (χ2v) is 2.86. The third kappa shape index (κ3) is 0.593. The molecule has 2 heterocycles. The van der Waals surface area contributed by atoms with Crippen LogP contribution in [0.15, 0.2) is 41.3 Å². The molecule has 0 saturated heterocycles. The summed E-state index contributed by atoms with van der Waals surface area (Å²) in [6.07, 6.45) is 5.70. The molecule has 0 aliphatic carbocycles. The van der Waals surface area contributed by atoms with Crippen molar-refractivity contribution in [3.05, 3.63) is 36.9 Å². The van der Waals surface area contributed by atoms with Crippen LogP contribution in [-0.2, 0) is 0 Å². The van der Waals surface area contributed by atoms with Crippen molar-refractivity contribution in [2.75, 3.05) is 0 Å². The molecule has 0 saturated carbocycles. The number of benzene rings is 1. The van der Waals surface area contributed by atoms with E-state index >= 15 is 0 Å². The van der Waals surface area contributed by atoms with Crippen LogP contribution in [0, 0.1) is 0 Å². The van der Waals surface area contributed by atoms with E-state index < -0.39 is 0 Å². The molecule has 0 aliphatic rings. The summed E-state index contributed by atoms with van der Waals surface area (Å²) in [5, 5.41) is 3.62. The largest absolute Gasteiger partial charge is 0.464 e. The van der Waals surface area contributed by atoms with Crippen LogP contribution in [0.5, 0.6) is 0 Å². The lowest BCUT2D eigenvalue weighted by Crippen LogP contribution is -1.64. The van der Waals surface area contributed by atoms with Crippen molar-refractivity contribution in [3.8, 4) is 0 Å². The first-order valence-electron chi connectivity index (χ1n) is 3.88. The van der Waals surface area contributed by atoms with Crippen molar-refractivity contribution >= 4 is 21.7 Å². The Morgan fingerprint density at radius 3 is 3.00 bits per heavy atom. The van der Waals surface area contributed by atoms with Gasteiger partial charge in [-0.3, -0.25) is 0 Å². The minimum Gasteiger partial charge on any atom is -0.464 e. The van der Waals surface area contributed by atoms with Gasteiger partial charge in [0, 0.05) is 23.2 Å². The summed E-state index contributed by atoms with van der Waals surface area (Å²) in [6, 6.07) is 6.04. The van der Waals surface area contributed by atoms with Gasteiger partial charge in [-0.2, -0.15) is 0 Å². The average Bonchev–Trinajstić information content (AvgIpc) is 2.71. The first kappa shape index (κ1) is 5.89. The van der Waals surface area contributed by atoms with Crippen LogP contribution in [-0.4, -0.2) is 4.98 Å². The zero-order valence-electron chi connectivity index (χ0n) is 6.37. The molecule has 0 fully saturated rings. The van der Waals surface area contributed by atoms with Crippen LogP contribution < -0.4 is 0 Å². The molecule has 3 aromatic rings. The summed E-state index contributed by atoms with van der Waals surface area (Å²) >= 11 is 0. The first-order valence-corrected chi connectivity index (χ1v) is 3.88. The molecule has 0 spiro atoms. The zero-order valence-corrected chi connectivity index (χ0v) is 6.37. The van der Waals surface area contributed by atoms with Gasteiger partial charge in [-0.15, -0.1) is 0 Å². The van der Waals surface area contributed by atoms with Crippen molar-refractivity contribution in [2.24, 2.45) is 0 Å². The van der Waals surface area contributed by atoms with Gasteiger partial charge in [0.2, 0.25) is 0 Å². The van der Waals surface area contributed by atoms with Gasteiger partial charge in [0.1, 0.15) is 5.58 Å². The van der Waals surface area contributed by atoms with Crippen molar-refractivity contribution in [1.29, 1.82) is 0 Å². The average molecular weight is 157 g/mol. The van der Waals surface area contributed by atoms with E-state index in [0.717, 1.165) is 5.58 Å². The van der Waals surface area contributed by atoms with E-state index in [0.29, 0.717) is 0 Å². The SMILES string of the molecule is c1cc2c(ccc3c[nH]cc32)o1. The van der Waals surface area contributed by atoms with Crippen LogP contribution in [0.4, 0.5) is 0 Å². The maximum atomic E-state index is 5.28. The summed E-state index contributed by atoms with van der Waals surface area (Å²) in [5.74, 6) is 0. The molecule has 0 amide bonds. The lowest BCUT2D eigenvalue weighted by Gasteiger charge is -1.89. The quantitative estimate of drug-likeness (QED) is 0.534. The summed E-state index contributed by atoms with van der Waals surface area (Å²) in [6.45, 7) is 0. The number of aromatic amines is 1. The number of aromatic nitrogens is 1. The third-order valence-electron chi connectivity index (χ3n) is 2.18. The molecule has 1 N–H and O–H groups in total. The highest BCUT2D eigenvalue weighted by atomic mass is 16.3. The fourth-order valence-electron chi connectivity index (χ4n) is 1.59. The summed E-state index contributed by atoms with van der Waals surface area (Å²) in [4.78, 5) is 3.08. The molecule has 0 bridgehead atoms. The van der Waals surface area contributed by atoms with Crippen LogP contribution in [0.2, 0.25) is 0 Å². The Kier molecular flexibility index (Phi) is 0.939. The molecule has 1 aromatic carbocycles. The number of H-pyrrole nitrogens is 1. The van der Waals surface area contributed by atoms with Gasteiger partial charge < -0.3 is 9.40 Å². The Bertz CT molecular complexity index is 483. The zero-order chi connectivity index (χ0) is 7.97. The van der Waals surface area contributed by atoms with E-state index in [-0.39, 0.29) is 0 Å². The van der Waals surface area contributed by atoms with Gasteiger partial charge in [0.15, 0.2) is 0 Å². The van der Waals surface area contributed by atoms with E-state index in [2.05, 4.69) is 11.1 Å². The lowest BCUT2D eigenvalue weighted by atomic mass is 10.1. The fourth-order valence-corrected chi connectivity index (χ4v) is 1.59. The Balaban J connectivity index is 2.71. The van der Waals surface area contributed by atoms with Crippen LogP contribution >= 0.6 is 0 Å². The van der Waals surface area contributed by atoms with Gasteiger partial charge in [-0.1, -0.05) is 0 Å². The van der Waals surface area contributed by atoms with E-state index in [9.17, 15) is 0 Å². The van der Waals surface area contributed by atoms with E-state index in [1.807, 2.05) is 24.5 Å². The van der Waals surface area contributed by atoms with Crippen molar-refractivity contribution in [3.63, 3.8) is 0 Å². The molecule has 2 aromatic heterocycles. The van der Waals surface area contributed by atoms with E-state index in [1.165, 1.54) is 16.2 Å². The Labute approximate surface area is 68.8 Å². The summed E-state index contributed by atoms with van der Waals surface area (Å²) in [5.41, 5.74) is 0.946. The normalized spacial score (nSPS) is 11.3. The highest BCUT2D eigenvalue weighted by Crippen LogP contribution is 2.25. The molecule has 0 atom stereocenters. The summed E-state index contributed by atoms with van der Waals surface area (Å²) < 4.78 is 5.28. The monoisotopic (exact) mass is 157 g/mol. The van der Waals surface area contributed by atoms with Gasteiger partial charge in [-0.05, 0) is 23.6 Å². The number of nitrogens with one attached hydrogen (secondary N) is 1. The predicted molar refractivity (Wildman–Crippen MR) is 48.1 cm³/mol. The molecule has 0 aliphatic heterocycles. The van der Waals surface area contributed by atoms with Crippen LogP contribution in [0.3, 0.4) is 0 Å². The number of hydrogen-bond donors (Lipinski definition) is 1. The molecular formula is C10H7NO. The standard InChI is InChI=1S/C10H7NO/c1-2-10-8(3-4-12-10)9-6-11-5-7(1)9/h1-6,11H. The number of fused-ring (bicyclic) bond motifs is 3. The predicted octanol–water partition coefficient (Wildman–Crippen LogP) is 2.91. The Morgan fingerprint density at radius 1 is 1.00 bits per heavy atom. The Hall–Kier alpha value is -1.70. The van der Waals surface area contributed by atoms with Gasteiger partial charge >= 0.3 is 0 Å². The van der Waals surface area contributed by atoms with E-state index in [4.69, 9.17) is 4.42 Å². The first-order chi connectivity index (χ1) is 5.95. The molecule has 0 radical (unpaired) electrons. The molecule has 0 unspecified atom stereocenters. The maximum Gasteiger partial charge on any atom is 0.134 e. The third-order valence-corrected chi connectivity index (χ3v) is 2.18. The highest BCUT2D eigenvalue weighted by Gasteiger charge is 2.01.